The SMILES string of the molecule is CCCNS(=O)(=O)N(C)C1CNC1. The van der Waals surface area contributed by atoms with Crippen molar-refractivity contribution < 1.29 is 8.42 Å². The minimum absolute atomic E-state index is 0.120. The summed E-state index contributed by atoms with van der Waals surface area (Å²) in [5.41, 5.74) is 0. The highest BCUT2D eigenvalue weighted by Gasteiger charge is 2.29. The summed E-state index contributed by atoms with van der Waals surface area (Å²) in [6.45, 7) is 3.95. The number of hydrogen-bond acceptors (Lipinski definition) is 3. The lowest BCUT2D eigenvalue weighted by Gasteiger charge is -2.34. The van der Waals surface area contributed by atoms with Crippen molar-refractivity contribution in [3.05, 3.63) is 0 Å². The summed E-state index contributed by atoms with van der Waals surface area (Å²) >= 11 is 0. The Labute approximate surface area is 79.7 Å². The van der Waals surface area contributed by atoms with Crippen LogP contribution in [0.15, 0.2) is 0 Å². The van der Waals surface area contributed by atoms with Crippen molar-refractivity contribution >= 4 is 10.2 Å². The highest BCUT2D eigenvalue weighted by Crippen LogP contribution is 2.06. The lowest BCUT2D eigenvalue weighted by atomic mass is 10.2. The molecular weight excluding hydrogens is 190 g/mol. The van der Waals surface area contributed by atoms with Gasteiger partial charge in [0.15, 0.2) is 0 Å². The van der Waals surface area contributed by atoms with Crippen LogP contribution in [0.5, 0.6) is 0 Å². The van der Waals surface area contributed by atoms with Crippen LogP contribution in [0.3, 0.4) is 0 Å². The number of likely N-dealkylation sites (N-methyl/N-ethyl adjacent to an activating group) is 1. The molecule has 1 rings (SSSR count). The van der Waals surface area contributed by atoms with Gasteiger partial charge in [0.1, 0.15) is 0 Å². The molecule has 5 nitrogen and oxygen atoms in total. The molecule has 0 atom stereocenters. The molecule has 0 radical (unpaired) electrons. The fraction of sp³-hybridized carbons (Fsp3) is 1.00. The molecule has 1 aliphatic rings. The number of hydrogen-bond donors (Lipinski definition) is 2. The summed E-state index contributed by atoms with van der Waals surface area (Å²) in [5.74, 6) is 0. The van der Waals surface area contributed by atoms with Gasteiger partial charge in [-0.2, -0.15) is 12.7 Å². The largest absolute Gasteiger partial charge is 0.313 e. The summed E-state index contributed by atoms with van der Waals surface area (Å²) < 4.78 is 27.0. The first-order chi connectivity index (χ1) is 6.08. The zero-order valence-corrected chi connectivity index (χ0v) is 8.89. The second kappa shape index (κ2) is 4.36. The molecule has 6 heteroatoms. The lowest BCUT2D eigenvalue weighted by molar-refractivity contribution is 0.271. The van der Waals surface area contributed by atoms with E-state index in [9.17, 15) is 8.42 Å². The molecular formula is C7H17N3O2S. The van der Waals surface area contributed by atoms with E-state index in [1.54, 1.807) is 7.05 Å². The van der Waals surface area contributed by atoms with Gasteiger partial charge in [-0.15, -0.1) is 0 Å². The average molecular weight is 207 g/mol. The van der Waals surface area contributed by atoms with Crippen molar-refractivity contribution in [3.8, 4) is 0 Å². The Hall–Kier alpha value is -0.170. The highest BCUT2D eigenvalue weighted by molar-refractivity contribution is 7.87. The summed E-state index contributed by atoms with van der Waals surface area (Å²) in [6, 6.07) is 0.120. The van der Waals surface area contributed by atoms with Crippen molar-refractivity contribution in [2.24, 2.45) is 0 Å². The summed E-state index contributed by atoms with van der Waals surface area (Å²) in [6.07, 6.45) is 0.815. The van der Waals surface area contributed by atoms with E-state index in [2.05, 4.69) is 10.0 Å². The van der Waals surface area contributed by atoms with Crippen LogP contribution < -0.4 is 10.0 Å². The average Bonchev–Trinajstić information content (AvgIpc) is 1.97. The second-order valence-corrected chi connectivity index (χ2v) is 5.04. The Balaban J connectivity index is 2.47. The lowest BCUT2D eigenvalue weighted by Crippen LogP contribution is -2.59. The van der Waals surface area contributed by atoms with Gasteiger partial charge in [0.25, 0.3) is 10.2 Å². The molecule has 2 N–H and O–H groups in total. The van der Waals surface area contributed by atoms with Crippen molar-refractivity contribution in [2.75, 3.05) is 26.7 Å². The van der Waals surface area contributed by atoms with Crippen LogP contribution in [0.1, 0.15) is 13.3 Å². The molecule has 78 valence electrons. The standard InChI is InChI=1S/C7H17N3O2S/c1-3-4-9-13(11,12)10(2)7-5-8-6-7/h7-9H,3-6H2,1-2H3. The Morgan fingerprint density at radius 2 is 2.15 bits per heavy atom. The van der Waals surface area contributed by atoms with Crippen molar-refractivity contribution in [2.45, 2.75) is 19.4 Å². The first-order valence-corrected chi connectivity index (χ1v) is 5.95. The Morgan fingerprint density at radius 3 is 2.54 bits per heavy atom. The third-order valence-corrected chi connectivity index (χ3v) is 3.81. The van der Waals surface area contributed by atoms with Crippen LogP contribution in [0.4, 0.5) is 0 Å². The van der Waals surface area contributed by atoms with E-state index in [-0.39, 0.29) is 6.04 Å². The zero-order chi connectivity index (χ0) is 9.90. The number of rotatable bonds is 5. The van der Waals surface area contributed by atoms with Gasteiger partial charge < -0.3 is 5.32 Å². The van der Waals surface area contributed by atoms with E-state index in [1.165, 1.54) is 4.31 Å². The summed E-state index contributed by atoms with van der Waals surface area (Å²) in [5, 5.41) is 3.04. The van der Waals surface area contributed by atoms with Gasteiger partial charge >= 0.3 is 0 Å². The van der Waals surface area contributed by atoms with Crippen LogP contribution in [-0.4, -0.2) is 45.4 Å². The molecule has 0 spiro atoms. The maximum Gasteiger partial charge on any atom is 0.279 e. The van der Waals surface area contributed by atoms with Gasteiger partial charge in [0, 0.05) is 26.7 Å². The van der Waals surface area contributed by atoms with Crippen LogP contribution in [-0.2, 0) is 10.2 Å². The quantitative estimate of drug-likeness (QED) is 0.616. The molecule has 13 heavy (non-hydrogen) atoms. The Bertz CT molecular complexity index is 248. The molecule has 1 saturated heterocycles. The maximum absolute atomic E-state index is 11.5. The van der Waals surface area contributed by atoms with Gasteiger partial charge in [0.2, 0.25) is 0 Å². The van der Waals surface area contributed by atoms with Gasteiger partial charge in [-0.3, -0.25) is 0 Å². The Morgan fingerprint density at radius 1 is 1.54 bits per heavy atom. The molecule has 0 aliphatic carbocycles. The topological polar surface area (TPSA) is 61.4 Å². The number of nitrogens with zero attached hydrogens (tertiary/aromatic N) is 1. The fourth-order valence-electron chi connectivity index (χ4n) is 1.06. The van der Waals surface area contributed by atoms with Gasteiger partial charge in [-0.25, -0.2) is 4.72 Å². The van der Waals surface area contributed by atoms with Crippen LogP contribution in [0, 0.1) is 0 Å². The minimum atomic E-state index is -3.24. The van der Waals surface area contributed by atoms with E-state index >= 15 is 0 Å². The van der Waals surface area contributed by atoms with Gasteiger partial charge in [-0.05, 0) is 6.42 Å². The molecule has 0 unspecified atom stereocenters. The van der Waals surface area contributed by atoms with E-state index in [1.807, 2.05) is 6.92 Å². The molecule has 1 heterocycles. The summed E-state index contributed by atoms with van der Waals surface area (Å²) in [4.78, 5) is 0. The van der Waals surface area contributed by atoms with Crippen LogP contribution in [0.25, 0.3) is 0 Å². The predicted molar refractivity (Wildman–Crippen MR) is 51.6 cm³/mol. The second-order valence-electron chi connectivity index (χ2n) is 3.23. The normalized spacial score (nSPS) is 19.0. The molecule has 1 fully saturated rings. The van der Waals surface area contributed by atoms with E-state index in [0.29, 0.717) is 6.54 Å². The van der Waals surface area contributed by atoms with Gasteiger partial charge in [-0.1, -0.05) is 6.92 Å². The van der Waals surface area contributed by atoms with Gasteiger partial charge in [0.05, 0.1) is 6.04 Å². The van der Waals surface area contributed by atoms with E-state index in [0.717, 1.165) is 19.5 Å². The van der Waals surface area contributed by atoms with Crippen molar-refractivity contribution in [1.29, 1.82) is 0 Å². The number of nitrogens with one attached hydrogen (secondary N) is 2. The fourth-order valence-corrected chi connectivity index (χ4v) is 2.27. The van der Waals surface area contributed by atoms with Crippen molar-refractivity contribution in [1.82, 2.24) is 14.3 Å². The first-order valence-electron chi connectivity index (χ1n) is 4.51. The molecule has 0 aromatic heterocycles. The molecule has 0 amide bonds. The van der Waals surface area contributed by atoms with E-state index < -0.39 is 10.2 Å². The predicted octanol–water partition coefficient (Wildman–Crippen LogP) is -0.866. The van der Waals surface area contributed by atoms with Crippen molar-refractivity contribution in [3.63, 3.8) is 0 Å². The Kier molecular flexibility index (Phi) is 3.66. The summed E-state index contributed by atoms with van der Waals surface area (Å²) in [7, 11) is -1.62. The molecule has 0 aromatic carbocycles. The third kappa shape index (κ3) is 2.63. The maximum atomic E-state index is 11.5. The van der Waals surface area contributed by atoms with Crippen LogP contribution in [0.2, 0.25) is 0 Å². The zero-order valence-electron chi connectivity index (χ0n) is 8.08. The molecule has 1 aliphatic heterocycles. The van der Waals surface area contributed by atoms with Crippen LogP contribution >= 0.6 is 0 Å². The molecule has 0 aromatic rings. The minimum Gasteiger partial charge on any atom is -0.313 e. The highest BCUT2D eigenvalue weighted by atomic mass is 32.2. The monoisotopic (exact) mass is 207 g/mol. The molecule has 0 bridgehead atoms. The first kappa shape index (κ1) is 10.9. The van der Waals surface area contributed by atoms with E-state index in [4.69, 9.17) is 0 Å². The third-order valence-electron chi connectivity index (χ3n) is 2.19. The molecule has 0 saturated carbocycles. The smallest absolute Gasteiger partial charge is 0.279 e.